The van der Waals surface area contributed by atoms with Crippen LogP contribution in [0.5, 0.6) is 0 Å². The number of nitrogens with zero attached hydrogens (tertiary/aromatic N) is 2. The average Bonchev–Trinajstić information content (AvgIpc) is 2.77. The molecular formula is C13H22N2O3. The Morgan fingerprint density at radius 3 is 3.00 bits per heavy atom. The van der Waals surface area contributed by atoms with E-state index in [-0.39, 0.29) is 0 Å². The van der Waals surface area contributed by atoms with Crippen LogP contribution in [0.2, 0.25) is 0 Å². The van der Waals surface area contributed by atoms with Crippen LogP contribution < -0.4 is 0 Å². The van der Waals surface area contributed by atoms with E-state index in [0.29, 0.717) is 24.1 Å². The van der Waals surface area contributed by atoms with Crippen molar-refractivity contribution in [3.63, 3.8) is 0 Å². The lowest BCUT2D eigenvalue weighted by Gasteiger charge is -2.36. The molecule has 1 saturated carbocycles. The van der Waals surface area contributed by atoms with E-state index in [4.69, 9.17) is 9.26 Å². The predicted molar refractivity (Wildman–Crippen MR) is 66.0 cm³/mol. The topological polar surface area (TPSA) is 68.4 Å². The molecule has 1 heterocycles. The Labute approximate surface area is 108 Å². The van der Waals surface area contributed by atoms with Crippen LogP contribution in [-0.4, -0.2) is 28.5 Å². The number of aliphatic hydroxyl groups excluding tert-OH is 1. The van der Waals surface area contributed by atoms with Gasteiger partial charge >= 0.3 is 0 Å². The Morgan fingerprint density at radius 2 is 2.39 bits per heavy atom. The lowest BCUT2D eigenvalue weighted by molar-refractivity contribution is -0.0658. The minimum absolute atomic E-state index is 0.391. The molecule has 2 rings (SSSR count). The molecule has 0 bridgehead atoms. The van der Waals surface area contributed by atoms with Crippen molar-refractivity contribution in [1.82, 2.24) is 10.1 Å². The van der Waals surface area contributed by atoms with Gasteiger partial charge in [0.25, 0.3) is 0 Å². The summed E-state index contributed by atoms with van der Waals surface area (Å²) in [6, 6.07) is 0. The molecule has 3 unspecified atom stereocenters. The summed E-state index contributed by atoms with van der Waals surface area (Å²) in [7, 11) is 1.71. The highest BCUT2D eigenvalue weighted by Gasteiger charge is 2.40. The van der Waals surface area contributed by atoms with Crippen LogP contribution in [-0.2, 0) is 16.8 Å². The normalized spacial score (nSPS) is 30.3. The van der Waals surface area contributed by atoms with E-state index in [9.17, 15) is 5.11 Å². The zero-order valence-electron chi connectivity index (χ0n) is 11.3. The van der Waals surface area contributed by atoms with Gasteiger partial charge in [0.2, 0.25) is 11.7 Å². The van der Waals surface area contributed by atoms with E-state index in [1.54, 1.807) is 14.0 Å². The molecule has 18 heavy (non-hydrogen) atoms. The van der Waals surface area contributed by atoms with Gasteiger partial charge in [0, 0.05) is 7.11 Å². The molecule has 1 aromatic heterocycles. The standard InChI is InChI=1S/C13H22N2O3/c1-9-5-4-6-13(8-9,17-3)12-14-11(18-15-12)7-10(2)16/h9-10,16H,4-8H2,1-3H3. The summed E-state index contributed by atoms with van der Waals surface area (Å²) in [6.45, 7) is 3.93. The van der Waals surface area contributed by atoms with Gasteiger partial charge in [0.05, 0.1) is 12.5 Å². The lowest BCUT2D eigenvalue weighted by atomic mass is 9.78. The van der Waals surface area contributed by atoms with Crippen molar-refractivity contribution in [2.45, 2.75) is 57.7 Å². The number of aliphatic hydroxyl groups is 1. The molecule has 0 saturated heterocycles. The highest BCUT2D eigenvalue weighted by atomic mass is 16.5. The van der Waals surface area contributed by atoms with Crippen LogP contribution in [0.4, 0.5) is 0 Å². The molecule has 5 heteroatoms. The van der Waals surface area contributed by atoms with Crippen LogP contribution in [0, 0.1) is 5.92 Å². The fourth-order valence-electron chi connectivity index (χ4n) is 2.76. The largest absolute Gasteiger partial charge is 0.393 e. The van der Waals surface area contributed by atoms with Crippen molar-refractivity contribution in [3.05, 3.63) is 11.7 Å². The smallest absolute Gasteiger partial charge is 0.229 e. The van der Waals surface area contributed by atoms with Gasteiger partial charge in [-0.3, -0.25) is 0 Å². The molecule has 102 valence electrons. The molecule has 1 aromatic rings. The van der Waals surface area contributed by atoms with Gasteiger partial charge in [0.15, 0.2) is 0 Å². The third-order valence-electron chi connectivity index (χ3n) is 3.69. The molecule has 3 atom stereocenters. The SMILES string of the molecule is COC1(c2noc(CC(C)O)n2)CCCC(C)C1. The Kier molecular flexibility index (Phi) is 4.02. The Morgan fingerprint density at radius 1 is 1.61 bits per heavy atom. The maximum atomic E-state index is 9.33. The van der Waals surface area contributed by atoms with E-state index in [1.807, 2.05) is 0 Å². The molecule has 1 aliphatic carbocycles. The zero-order valence-corrected chi connectivity index (χ0v) is 11.3. The van der Waals surface area contributed by atoms with Crippen molar-refractivity contribution >= 4 is 0 Å². The molecule has 1 fully saturated rings. The predicted octanol–water partition coefficient (Wildman–Crippen LogP) is 2.04. The number of rotatable bonds is 4. The molecule has 0 aromatic carbocycles. The maximum Gasteiger partial charge on any atom is 0.229 e. The fourth-order valence-corrected chi connectivity index (χ4v) is 2.76. The molecular weight excluding hydrogens is 232 g/mol. The number of methoxy groups -OCH3 is 1. The van der Waals surface area contributed by atoms with Crippen molar-refractivity contribution in [2.24, 2.45) is 5.92 Å². The number of ether oxygens (including phenoxy) is 1. The van der Waals surface area contributed by atoms with Gasteiger partial charge in [-0.05, 0) is 32.1 Å². The number of aromatic nitrogens is 2. The van der Waals surface area contributed by atoms with Crippen LogP contribution in [0.15, 0.2) is 4.52 Å². The number of hydrogen-bond donors (Lipinski definition) is 1. The van der Waals surface area contributed by atoms with Crippen molar-refractivity contribution in [1.29, 1.82) is 0 Å². The van der Waals surface area contributed by atoms with Crippen LogP contribution in [0.25, 0.3) is 0 Å². The average molecular weight is 254 g/mol. The molecule has 0 spiro atoms. The second-order valence-electron chi connectivity index (χ2n) is 5.46. The molecule has 5 nitrogen and oxygen atoms in total. The van der Waals surface area contributed by atoms with Crippen molar-refractivity contribution in [3.8, 4) is 0 Å². The van der Waals surface area contributed by atoms with Crippen LogP contribution in [0.3, 0.4) is 0 Å². The Balaban J connectivity index is 2.19. The summed E-state index contributed by atoms with van der Waals surface area (Å²) in [4.78, 5) is 4.39. The first-order chi connectivity index (χ1) is 8.55. The molecule has 0 amide bonds. The number of hydrogen-bond acceptors (Lipinski definition) is 5. The van der Waals surface area contributed by atoms with E-state index in [0.717, 1.165) is 19.3 Å². The van der Waals surface area contributed by atoms with Gasteiger partial charge in [-0.2, -0.15) is 4.98 Å². The monoisotopic (exact) mass is 254 g/mol. The summed E-state index contributed by atoms with van der Waals surface area (Å²) in [5.74, 6) is 1.72. The second-order valence-corrected chi connectivity index (χ2v) is 5.46. The third-order valence-corrected chi connectivity index (χ3v) is 3.69. The highest BCUT2D eigenvalue weighted by Crippen LogP contribution is 2.41. The molecule has 1 aliphatic rings. The maximum absolute atomic E-state index is 9.33. The summed E-state index contributed by atoms with van der Waals surface area (Å²) in [6.07, 6.45) is 4.13. The van der Waals surface area contributed by atoms with Gasteiger partial charge in [-0.1, -0.05) is 18.5 Å². The van der Waals surface area contributed by atoms with Gasteiger partial charge in [0.1, 0.15) is 5.60 Å². The first kappa shape index (κ1) is 13.5. The summed E-state index contributed by atoms with van der Waals surface area (Å²) >= 11 is 0. The molecule has 1 N–H and O–H groups in total. The first-order valence-corrected chi connectivity index (χ1v) is 6.62. The minimum atomic E-state index is -0.470. The molecule has 0 aliphatic heterocycles. The molecule has 0 radical (unpaired) electrons. The zero-order chi connectivity index (χ0) is 13.2. The second kappa shape index (κ2) is 5.36. The summed E-state index contributed by atoms with van der Waals surface area (Å²) in [5, 5.41) is 13.4. The Bertz CT molecular complexity index is 391. The lowest BCUT2D eigenvalue weighted by Crippen LogP contribution is -2.35. The highest BCUT2D eigenvalue weighted by molar-refractivity contribution is 5.04. The van der Waals surface area contributed by atoms with E-state index < -0.39 is 11.7 Å². The van der Waals surface area contributed by atoms with Crippen molar-refractivity contribution in [2.75, 3.05) is 7.11 Å². The summed E-state index contributed by atoms with van der Waals surface area (Å²) in [5.41, 5.74) is -0.405. The van der Waals surface area contributed by atoms with Gasteiger partial charge in [-0.25, -0.2) is 0 Å². The van der Waals surface area contributed by atoms with E-state index in [1.165, 1.54) is 6.42 Å². The fraction of sp³-hybridized carbons (Fsp3) is 0.846. The minimum Gasteiger partial charge on any atom is -0.393 e. The Hall–Kier alpha value is -0.940. The van der Waals surface area contributed by atoms with Gasteiger partial charge in [-0.15, -0.1) is 0 Å². The van der Waals surface area contributed by atoms with E-state index in [2.05, 4.69) is 17.1 Å². The quantitative estimate of drug-likeness (QED) is 0.890. The van der Waals surface area contributed by atoms with Crippen LogP contribution in [0.1, 0.15) is 51.2 Å². The third kappa shape index (κ3) is 2.72. The van der Waals surface area contributed by atoms with Crippen LogP contribution >= 0.6 is 0 Å². The van der Waals surface area contributed by atoms with E-state index >= 15 is 0 Å². The van der Waals surface area contributed by atoms with Gasteiger partial charge < -0.3 is 14.4 Å². The first-order valence-electron chi connectivity index (χ1n) is 6.62. The van der Waals surface area contributed by atoms with Crippen molar-refractivity contribution < 1.29 is 14.4 Å². The summed E-state index contributed by atoms with van der Waals surface area (Å²) < 4.78 is 10.9.